The van der Waals surface area contributed by atoms with Crippen LogP contribution in [-0.2, 0) is 10.0 Å². The Morgan fingerprint density at radius 3 is 2.35 bits per heavy atom. The van der Waals surface area contributed by atoms with E-state index >= 15 is 0 Å². The lowest BCUT2D eigenvalue weighted by Gasteiger charge is -2.34. The van der Waals surface area contributed by atoms with Crippen LogP contribution in [0.3, 0.4) is 0 Å². The largest absolute Gasteiger partial charge is 0.298 e. The van der Waals surface area contributed by atoms with Gasteiger partial charge in [-0.2, -0.15) is 0 Å². The highest BCUT2D eigenvalue weighted by molar-refractivity contribution is 7.11. The molecule has 0 spiro atoms. The zero-order valence-corrected chi connectivity index (χ0v) is 11.3. The van der Waals surface area contributed by atoms with E-state index in [0.29, 0.717) is 5.57 Å². The third-order valence-electron chi connectivity index (χ3n) is 3.44. The lowest BCUT2D eigenvalue weighted by molar-refractivity contribution is -0.236. The molecule has 4 heteroatoms. The van der Waals surface area contributed by atoms with Gasteiger partial charge in [0.25, 0.3) is 0 Å². The summed E-state index contributed by atoms with van der Waals surface area (Å²) in [4.78, 5) is 12.3. The second-order valence-electron chi connectivity index (χ2n) is 5.30. The van der Waals surface area contributed by atoms with Gasteiger partial charge in [-0.3, -0.25) is 4.79 Å². The van der Waals surface area contributed by atoms with Gasteiger partial charge >= 0.3 is 0 Å². The molecule has 0 saturated heterocycles. The van der Waals surface area contributed by atoms with Crippen LogP contribution in [0.5, 0.6) is 0 Å². The van der Waals surface area contributed by atoms with Gasteiger partial charge in [0.05, 0.1) is 11.1 Å². The van der Waals surface area contributed by atoms with Crippen LogP contribution in [0.25, 0.3) is 5.57 Å². The van der Waals surface area contributed by atoms with Gasteiger partial charge in [0.2, 0.25) is 0 Å². The highest BCUT2D eigenvalue weighted by Crippen LogP contribution is 2.48. The van der Waals surface area contributed by atoms with Crippen LogP contribution in [0, 0.1) is 0 Å². The molecule has 17 heavy (non-hydrogen) atoms. The summed E-state index contributed by atoms with van der Waals surface area (Å²) in [5.41, 5.74) is 0.0391. The predicted octanol–water partition coefficient (Wildman–Crippen LogP) is 2.92. The maximum Gasteiger partial charge on any atom is 0.148 e. The summed E-state index contributed by atoms with van der Waals surface area (Å²) < 4.78 is 0. The number of carbonyl (C=O) groups is 1. The van der Waals surface area contributed by atoms with Crippen molar-refractivity contribution in [2.24, 2.45) is 0 Å². The standard InChI is InChI=1S/C13H16NO2S/c1-12(2)9(8-15)11(10-6-5-7-17-10)13(3,4)14(12)16/h5-8H,1-4H3. The summed E-state index contributed by atoms with van der Waals surface area (Å²) in [6.07, 6.45) is 0.828. The van der Waals surface area contributed by atoms with Crippen molar-refractivity contribution in [3.05, 3.63) is 28.0 Å². The summed E-state index contributed by atoms with van der Waals surface area (Å²) in [6.45, 7) is 7.33. The molecular weight excluding hydrogens is 234 g/mol. The van der Waals surface area contributed by atoms with Crippen LogP contribution in [0.4, 0.5) is 0 Å². The molecule has 1 radical (unpaired) electrons. The molecular formula is C13H16NO2S. The van der Waals surface area contributed by atoms with E-state index in [4.69, 9.17) is 0 Å². The Kier molecular flexibility index (Phi) is 2.77. The van der Waals surface area contributed by atoms with Crippen molar-refractivity contribution >= 4 is 23.2 Å². The van der Waals surface area contributed by atoms with E-state index in [1.165, 1.54) is 0 Å². The molecule has 3 nitrogen and oxygen atoms in total. The molecule has 2 rings (SSSR count). The average Bonchev–Trinajstić information content (AvgIpc) is 2.79. The van der Waals surface area contributed by atoms with Crippen molar-refractivity contribution in [2.45, 2.75) is 38.8 Å². The van der Waals surface area contributed by atoms with Crippen molar-refractivity contribution in [2.75, 3.05) is 0 Å². The van der Waals surface area contributed by atoms with Crippen molar-refractivity contribution in [1.82, 2.24) is 5.06 Å². The van der Waals surface area contributed by atoms with E-state index in [2.05, 4.69) is 0 Å². The van der Waals surface area contributed by atoms with E-state index in [0.717, 1.165) is 21.8 Å². The van der Waals surface area contributed by atoms with Crippen LogP contribution in [-0.4, -0.2) is 22.4 Å². The predicted molar refractivity (Wildman–Crippen MR) is 68.0 cm³/mol. The fraction of sp³-hybridized carbons (Fsp3) is 0.462. The first-order valence-electron chi connectivity index (χ1n) is 5.55. The smallest absolute Gasteiger partial charge is 0.148 e. The summed E-state index contributed by atoms with van der Waals surface area (Å²) >= 11 is 1.56. The maximum atomic E-state index is 12.3. The lowest BCUT2D eigenvalue weighted by atomic mass is 9.90. The Hall–Kier alpha value is -0.970. The van der Waals surface area contributed by atoms with Crippen LogP contribution in [0.1, 0.15) is 32.6 Å². The van der Waals surface area contributed by atoms with Gasteiger partial charge in [0.15, 0.2) is 0 Å². The van der Waals surface area contributed by atoms with Crippen molar-refractivity contribution in [3.63, 3.8) is 0 Å². The Morgan fingerprint density at radius 1 is 1.24 bits per heavy atom. The number of hydrogen-bond donors (Lipinski definition) is 0. The Balaban J connectivity index is 2.70. The fourth-order valence-corrected chi connectivity index (χ4v) is 3.54. The highest BCUT2D eigenvalue weighted by atomic mass is 32.1. The number of aldehydes is 1. The third-order valence-corrected chi connectivity index (χ3v) is 4.33. The number of thiophene rings is 1. The molecule has 0 atom stereocenters. The van der Waals surface area contributed by atoms with Gasteiger partial charge < -0.3 is 0 Å². The second-order valence-corrected chi connectivity index (χ2v) is 6.24. The Labute approximate surface area is 105 Å². The minimum Gasteiger partial charge on any atom is -0.298 e. The van der Waals surface area contributed by atoms with Crippen LogP contribution in [0.15, 0.2) is 23.1 Å². The first-order valence-corrected chi connectivity index (χ1v) is 6.43. The molecule has 0 aliphatic carbocycles. The molecule has 0 aromatic carbocycles. The first kappa shape index (κ1) is 12.5. The molecule has 0 bridgehead atoms. The van der Waals surface area contributed by atoms with Gasteiger partial charge in [-0.25, -0.2) is 0 Å². The third kappa shape index (κ3) is 1.59. The summed E-state index contributed by atoms with van der Waals surface area (Å²) in [6, 6.07) is 3.90. The lowest BCUT2D eigenvalue weighted by Crippen LogP contribution is -2.47. The zero-order valence-electron chi connectivity index (χ0n) is 10.5. The molecule has 2 heterocycles. The van der Waals surface area contributed by atoms with E-state index in [-0.39, 0.29) is 0 Å². The molecule has 1 aromatic rings. The van der Waals surface area contributed by atoms with Crippen molar-refractivity contribution in [3.8, 4) is 0 Å². The minimum absolute atomic E-state index is 0.597. The molecule has 0 saturated carbocycles. The first-order chi connectivity index (χ1) is 7.83. The Bertz CT molecular complexity index is 472. The number of hydroxylamine groups is 2. The minimum atomic E-state index is -0.759. The monoisotopic (exact) mass is 250 g/mol. The molecule has 1 aromatic heterocycles. The number of nitrogens with zero attached hydrogens (tertiary/aromatic N) is 1. The molecule has 1 aliphatic rings. The van der Waals surface area contributed by atoms with Gasteiger partial charge in [0.1, 0.15) is 6.29 Å². The Morgan fingerprint density at radius 2 is 1.88 bits per heavy atom. The van der Waals surface area contributed by atoms with Crippen LogP contribution < -0.4 is 0 Å². The summed E-state index contributed by atoms with van der Waals surface area (Å²) in [5.74, 6) is 0. The van der Waals surface area contributed by atoms with E-state index in [9.17, 15) is 10.0 Å². The topological polar surface area (TPSA) is 40.2 Å². The van der Waals surface area contributed by atoms with Crippen LogP contribution in [0.2, 0.25) is 0 Å². The van der Waals surface area contributed by atoms with E-state index in [1.54, 1.807) is 25.2 Å². The summed E-state index contributed by atoms with van der Waals surface area (Å²) in [5, 5.41) is 15.3. The van der Waals surface area contributed by atoms with E-state index < -0.39 is 11.1 Å². The number of hydrogen-bond acceptors (Lipinski definition) is 3. The highest BCUT2D eigenvalue weighted by Gasteiger charge is 2.52. The SMILES string of the molecule is CC1(C)C(C=O)=C(c2cccs2)C(C)(C)N1[O]. The molecule has 0 unspecified atom stereocenters. The molecule has 0 amide bonds. The van der Waals surface area contributed by atoms with Gasteiger partial charge in [-0.05, 0) is 44.7 Å². The van der Waals surface area contributed by atoms with Gasteiger partial charge in [-0.15, -0.1) is 21.6 Å². The van der Waals surface area contributed by atoms with Crippen LogP contribution >= 0.6 is 11.3 Å². The molecule has 0 N–H and O–H groups in total. The average molecular weight is 250 g/mol. The number of rotatable bonds is 2. The number of carbonyl (C=O) groups excluding carboxylic acids is 1. The molecule has 0 fully saturated rings. The normalized spacial score (nSPS) is 23.1. The summed E-state index contributed by atoms with van der Waals surface area (Å²) in [7, 11) is 0. The van der Waals surface area contributed by atoms with E-state index in [1.807, 2.05) is 31.4 Å². The van der Waals surface area contributed by atoms with Crippen molar-refractivity contribution in [1.29, 1.82) is 0 Å². The quantitative estimate of drug-likeness (QED) is 0.757. The second kappa shape index (κ2) is 3.77. The maximum absolute atomic E-state index is 12.3. The molecule has 91 valence electrons. The zero-order chi connectivity index (χ0) is 12.8. The van der Waals surface area contributed by atoms with Crippen molar-refractivity contribution < 1.29 is 10.0 Å². The van der Waals surface area contributed by atoms with Gasteiger partial charge in [-0.1, -0.05) is 6.07 Å². The fourth-order valence-electron chi connectivity index (χ4n) is 2.60. The molecule has 1 aliphatic heterocycles. The van der Waals surface area contributed by atoms with Gasteiger partial charge in [0, 0.05) is 10.5 Å².